The summed E-state index contributed by atoms with van der Waals surface area (Å²) in [4.78, 5) is 46.5. The monoisotopic (exact) mass is 475 g/mol. The van der Waals surface area contributed by atoms with Gasteiger partial charge in [0.2, 0.25) is 11.8 Å². The molecule has 3 aliphatic rings. The molecule has 3 fully saturated rings. The topological polar surface area (TPSA) is 116 Å². The van der Waals surface area contributed by atoms with E-state index in [1.54, 1.807) is 17.8 Å². The van der Waals surface area contributed by atoms with Crippen LogP contribution in [0.15, 0.2) is 29.4 Å². The predicted octanol–water partition coefficient (Wildman–Crippen LogP) is 1.90. The number of rotatable bonds is 4. The van der Waals surface area contributed by atoms with Crippen molar-refractivity contribution in [3.63, 3.8) is 0 Å². The van der Waals surface area contributed by atoms with Crippen LogP contribution >= 0.6 is 11.3 Å². The molecule has 0 unspecified atom stereocenters. The maximum Gasteiger partial charge on any atom is 0.290 e. The number of amides is 2. The molecule has 5 heterocycles. The van der Waals surface area contributed by atoms with Gasteiger partial charge in [0, 0.05) is 43.0 Å². The first-order valence-electron chi connectivity index (χ1n) is 10.9. The summed E-state index contributed by atoms with van der Waals surface area (Å²) in [5, 5.41) is 11.8. The van der Waals surface area contributed by atoms with Crippen LogP contribution in [0.1, 0.15) is 31.4 Å². The average Bonchev–Trinajstić information content (AvgIpc) is 3.33. The number of nitrogens with one attached hydrogen (secondary N) is 1. The van der Waals surface area contributed by atoms with Crippen molar-refractivity contribution in [2.45, 2.75) is 44.3 Å². The lowest BCUT2D eigenvalue weighted by Crippen LogP contribution is -2.68. The van der Waals surface area contributed by atoms with Crippen molar-refractivity contribution in [3.05, 3.63) is 40.9 Å². The van der Waals surface area contributed by atoms with E-state index in [0.717, 1.165) is 25.0 Å². The number of hydrogen-bond acceptors (Lipinski definition) is 7. The zero-order valence-corrected chi connectivity index (χ0v) is 18.8. The lowest BCUT2D eigenvalue weighted by atomic mass is 9.71. The van der Waals surface area contributed by atoms with E-state index < -0.39 is 6.04 Å². The molecule has 2 aromatic heterocycles. The lowest BCUT2D eigenvalue weighted by Gasteiger charge is -2.56. The Balaban J connectivity index is 0.000000821. The second kappa shape index (κ2) is 10.2. The number of pyridine rings is 1. The Kier molecular flexibility index (Phi) is 7.17. The number of nitrogens with zero attached hydrogens (tertiary/aromatic N) is 4. The van der Waals surface area contributed by atoms with Gasteiger partial charge in [-0.05, 0) is 31.2 Å². The molecule has 0 saturated carbocycles. The predicted molar refractivity (Wildman–Crippen MR) is 119 cm³/mol. The summed E-state index contributed by atoms with van der Waals surface area (Å²) >= 11 is 1.48. The lowest BCUT2D eigenvalue weighted by molar-refractivity contribution is -0.156. The number of fused-ring (bicyclic) bond motifs is 4. The first kappa shape index (κ1) is 23.1. The number of piperidine rings is 3. The minimum Gasteiger partial charge on any atom is -0.483 e. The van der Waals surface area contributed by atoms with Gasteiger partial charge in [0.05, 0.1) is 29.6 Å². The van der Waals surface area contributed by atoms with Crippen LogP contribution < -0.4 is 10.2 Å². The van der Waals surface area contributed by atoms with Crippen molar-refractivity contribution >= 4 is 35.3 Å². The summed E-state index contributed by atoms with van der Waals surface area (Å²) in [5.74, 6) is -0.214. The number of thiazole rings is 1. The van der Waals surface area contributed by atoms with Crippen molar-refractivity contribution < 1.29 is 23.9 Å². The molecule has 0 radical (unpaired) electrons. The molecule has 3 aliphatic heterocycles. The molecule has 0 aliphatic carbocycles. The Labute approximate surface area is 194 Å². The van der Waals surface area contributed by atoms with Gasteiger partial charge in [-0.15, -0.1) is 11.3 Å². The van der Waals surface area contributed by atoms with Crippen molar-refractivity contribution in [1.29, 1.82) is 0 Å². The van der Waals surface area contributed by atoms with Gasteiger partial charge < -0.3 is 20.2 Å². The summed E-state index contributed by atoms with van der Waals surface area (Å²) in [6, 6.07) is 1.20. The largest absolute Gasteiger partial charge is 0.483 e. The zero-order valence-electron chi connectivity index (χ0n) is 18.0. The Hall–Kier alpha value is -3.08. The van der Waals surface area contributed by atoms with Crippen molar-refractivity contribution in [1.82, 2.24) is 20.2 Å². The molecule has 0 aromatic carbocycles. The summed E-state index contributed by atoms with van der Waals surface area (Å²) in [5.41, 5.74) is 3.07. The minimum atomic E-state index is -0.523. The van der Waals surface area contributed by atoms with Gasteiger partial charge in [-0.3, -0.25) is 19.4 Å². The molecular weight excluding hydrogens is 449 g/mol. The highest BCUT2D eigenvalue weighted by atomic mass is 32.1. The minimum absolute atomic E-state index is 0.0326. The van der Waals surface area contributed by atoms with Gasteiger partial charge in [0.1, 0.15) is 6.04 Å². The zero-order chi connectivity index (χ0) is 23.4. The SMILES string of the molecule is O=C(NCc1cscn1)[C@H]1[C@H]2C[C@H](CN(c3ccncc3F)C2)[C@@H]2CCCC(=O)N21.O=CO. The first-order valence-corrected chi connectivity index (χ1v) is 11.9. The summed E-state index contributed by atoms with van der Waals surface area (Å²) in [6.07, 6.45) is 5.94. The third-order valence-corrected chi connectivity index (χ3v) is 7.26. The molecule has 4 atom stereocenters. The van der Waals surface area contributed by atoms with Gasteiger partial charge in [-0.1, -0.05) is 0 Å². The smallest absolute Gasteiger partial charge is 0.290 e. The van der Waals surface area contributed by atoms with E-state index >= 15 is 0 Å². The third kappa shape index (κ3) is 4.82. The number of carboxylic acid groups (broad SMARTS) is 1. The Morgan fingerprint density at radius 2 is 2.15 bits per heavy atom. The van der Waals surface area contributed by atoms with Crippen LogP contribution in [0.2, 0.25) is 0 Å². The van der Waals surface area contributed by atoms with E-state index in [0.29, 0.717) is 31.7 Å². The molecular formula is C22H26FN5O4S. The second-order valence-electron chi connectivity index (χ2n) is 8.50. The Morgan fingerprint density at radius 3 is 2.88 bits per heavy atom. The number of hydrogen-bond donors (Lipinski definition) is 2. The Morgan fingerprint density at radius 1 is 1.36 bits per heavy atom. The van der Waals surface area contributed by atoms with E-state index in [1.165, 1.54) is 17.5 Å². The van der Waals surface area contributed by atoms with Gasteiger partial charge in [0.15, 0.2) is 5.82 Å². The number of carbonyl (C=O) groups is 3. The number of carbonyl (C=O) groups excluding carboxylic acids is 2. The molecule has 5 rings (SSSR count). The normalized spacial score (nSPS) is 26.0. The first-order chi connectivity index (χ1) is 16.0. The van der Waals surface area contributed by atoms with Crippen LogP contribution in [0.3, 0.4) is 0 Å². The fourth-order valence-electron chi connectivity index (χ4n) is 5.42. The second-order valence-corrected chi connectivity index (χ2v) is 9.22. The van der Waals surface area contributed by atoms with E-state index in [-0.39, 0.29) is 42.0 Å². The molecule has 2 N–H and O–H groups in total. The van der Waals surface area contributed by atoms with Crippen molar-refractivity contribution in [3.8, 4) is 0 Å². The highest BCUT2D eigenvalue weighted by Gasteiger charge is 2.52. The van der Waals surface area contributed by atoms with Gasteiger partial charge >= 0.3 is 0 Å². The highest BCUT2D eigenvalue weighted by molar-refractivity contribution is 7.07. The van der Waals surface area contributed by atoms with Crippen molar-refractivity contribution in [2.24, 2.45) is 11.8 Å². The van der Waals surface area contributed by atoms with Crippen LogP contribution in [-0.2, 0) is 20.9 Å². The van der Waals surface area contributed by atoms with Crippen LogP contribution in [0.4, 0.5) is 10.1 Å². The van der Waals surface area contributed by atoms with Crippen LogP contribution in [0, 0.1) is 17.7 Å². The number of anilines is 1. The fourth-order valence-corrected chi connectivity index (χ4v) is 5.98. The maximum atomic E-state index is 14.4. The molecule has 3 saturated heterocycles. The van der Waals surface area contributed by atoms with Gasteiger partial charge in [-0.2, -0.15) is 0 Å². The highest BCUT2D eigenvalue weighted by Crippen LogP contribution is 2.43. The molecule has 9 nitrogen and oxygen atoms in total. The van der Waals surface area contributed by atoms with Gasteiger partial charge in [-0.25, -0.2) is 9.37 Å². The van der Waals surface area contributed by atoms with Crippen LogP contribution in [-0.4, -0.2) is 63.4 Å². The Bertz CT molecular complexity index is 991. The standard InChI is InChI=1S/C21H24FN5O2S.CH2O2/c22-16-8-23-5-4-18(16)26-9-13-6-14(10-26)20(27-17(13)2-1-3-19(27)28)21(29)24-7-15-11-30-12-25-15;2-1-3/h4-5,8,11-14,17,20H,1-3,6-7,9-10H2,(H,24,29);1H,(H,2,3)/t13-,14+,17+,20-;/m1./s1. The summed E-state index contributed by atoms with van der Waals surface area (Å²) in [7, 11) is 0. The summed E-state index contributed by atoms with van der Waals surface area (Å²) in [6.45, 7) is 1.34. The average molecular weight is 476 g/mol. The van der Waals surface area contributed by atoms with E-state index in [9.17, 15) is 14.0 Å². The fraction of sp³-hybridized carbons (Fsp3) is 0.500. The molecule has 0 spiro atoms. The quantitative estimate of drug-likeness (QED) is 0.649. The molecule has 11 heteroatoms. The number of halogens is 1. The summed E-state index contributed by atoms with van der Waals surface area (Å²) < 4.78 is 14.4. The molecule has 2 amide bonds. The van der Waals surface area contributed by atoms with Gasteiger partial charge in [0.25, 0.3) is 6.47 Å². The maximum absolute atomic E-state index is 14.4. The third-order valence-electron chi connectivity index (χ3n) is 6.63. The van der Waals surface area contributed by atoms with E-state index in [1.807, 2.05) is 15.2 Å². The van der Waals surface area contributed by atoms with Crippen LogP contribution in [0.5, 0.6) is 0 Å². The molecule has 2 aromatic rings. The van der Waals surface area contributed by atoms with E-state index in [2.05, 4.69) is 15.3 Å². The van der Waals surface area contributed by atoms with E-state index in [4.69, 9.17) is 9.90 Å². The van der Waals surface area contributed by atoms with Crippen molar-refractivity contribution in [2.75, 3.05) is 18.0 Å². The number of aromatic nitrogens is 2. The van der Waals surface area contributed by atoms with Crippen LogP contribution in [0.25, 0.3) is 0 Å². The molecule has 2 bridgehead atoms. The molecule has 33 heavy (non-hydrogen) atoms. The molecule has 176 valence electrons.